The average molecular weight is 271 g/mol. The van der Waals surface area contributed by atoms with Gasteiger partial charge in [-0.15, -0.1) is 0 Å². The summed E-state index contributed by atoms with van der Waals surface area (Å²) in [6.07, 6.45) is 2.07. The minimum Gasteiger partial charge on any atom is -0.479 e. The Morgan fingerprint density at radius 1 is 1.42 bits per heavy atom. The molecule has 0 aliphatic carbocycles. The van der Waals surface area contributed by atoms with Crippen LogP contribution in [0.5, 0.6) is 0 Å². The highest BCUT2D eigenvalue weighted by Crippen LogP contribution is 2.19. The van der Waals surface area contributed by atoms with Crippen molar-refractivity contribution in [3.63, 3.8) is 0 Å². The number of carboxylic acids is 1. The second-order valence-electron chi connectivity index (χ2n) is 5.35. The summed E-state index contributed by atoms with van der Waals surface area (Å²) in [6.45, 7) is 2.20. The van der Waals surface area contributed by atoms with E-state index < -0.39 is 11.5 Å². The molecule has 2 heterocycles. The Balaban J connectivity index is 1.85. The maximum absolute atomic E-state index is 12.0. The van der Waals surface area contributed by atoms with Crippen molar-refractivity contribution in [1.82, 2.24) is 10.2 Å². The molecule has 4 N–H and O–H groups in total. The third kappa shape index (κ3) is 3.43. The molecule has 0 aromatic carbocycles. The van der Waals surface area contributed by atoms with Crippen molar-refractivity contribution in [3.8, 4) is 0 Å². The summed E-state index contributed by atoms with van der Waals surface area (Å²) in [7, 11) is 0. The molecule has 0 radical (unpaired) electrons. The lowest BCUT2D eigenvalue weighted by Gasteiger charge is -2.31. The van der Waals surface area contributed by atoms with E-state index in [1.165, 1.54) is 0 Å². The summed E-state index contributed by atoms with van der Waals surface area (Å²) in [4.78, 5) is 25.2. The van der Waals surface area contributed by atoms with Gasteiger partial charge in [0.25, 0.3) is 0 Å². The van der Waals surface area contributed by atoms with Crippen LogP contribution in [0.15, 0.2) is 0 Å². The molecule has 2 fully saturated rings. The predicted octanol–water partition coefficient (Wildman–Crippen LogP) is -1.23. The Labute approximate surface area is 112 Å². The van der Waals surface area contributed by atoms with E-state index in [0.29, 0.717) is 13.0 Å². The molecule has 1 atom stereocenters. The van der Waals surface area contributed by atoms with Gasteiger partial charge in [0, 0.05) is 32.2 Å². The topological polar surface area (TPSA) is 105 Å². The van der Waals surface area contributed by atoms with Crippen molar-refractivity contribution in [2.24, 2.45) is 5.73 Å². The van der Waals surface area contributed by atoms with Crippen LogP contribution in [0.3, 0.4) is 0 Å². The van der Waals surface area contributed by atoms with Gasteiger partial charge < -0.3 is 20.9 Å². The SMILES string of the molecule is NC1CCN(CC(=O)NC2(C(=O)O)CCOC2)CC1. The molecule has 0 spiro atoms. The summed E-state index contributed by atoms with van der Waals surface area (Å²) >= 11 is 0. The Kier molecular flexibility index (Phi) is 4.38. The molecule has 1 amide bonds. The van der Waals surface area contributed by atoms with Gasteiger partial charge in [-0.3, -0.25) is 9.69 Å². The summed E-state index contributed by atoms with van der Waals surface area (Å²) in [5.74, 6) is -1.29. The first-order valence-corrected chi connectivity index (χ1v) is 6.62. The first kappa shape index (κ1) is 14.2. The Morgan fingerprint density at radius 3 is 2.63 bits per heavy atom. The van der Waals surface area contributed by atoms with Crippen LogP contribution >= 0.6 is 0 Å². The maximum Gasteiger partial charge on any atom is 0.331 e. The van der Waals surface area contributed by atoms with Gasteiger partial charge in [0.05, 0.1) is 13.2 Å². The van der Waals surface area contributed by atoms with E-state index in [2.05, 4.69) is 5.32 Å². The lowest BCUT2D eigenvalue weighted by Crippen LogP contribution is -2.57. The number of nitrogens with zero attached hydrogens (tertiary/aromatic N) is 1. The van der Waals surface area contributed by atoms with Gasteiger partial charge >= 0.3 is 5.97 Å². The first-order valence-electron chi connectivity index (χ1n) is 6.62. The lowest BCUT2D eigenvalue weighted by molar-refractivity contribution is -0.147. The monoisotopic (exact) mass is 271 g/mol. The van der Waals surface area contributed by atoms with E-state index in [-0.39, 0.29) is 25.1 Å². The van der Waals surface area contributed by atoms with Crippen molar-refractivity contribution in [2.75, 3.05) is 32.8 Å². The summed E-state index contributed by atoms with van der Waals surface area (Å²) in [5, 5.41) is 11.8. The summed E-state index contributed by atoms with van der Waals surface area (Å²) < 4.78 is 5.10. The highest BCUT2D eigenvalue weighted by molar-refractivity contribution is 5.88. The number of carboxylic acid groups (broad SMARTS) is 1. The second-order valence-corrected chi connectivity index (χ2v) is 5.35. The van der Waals surface area contributed by atoms with Crippen LogP contribution in [0.4, 0.5) is 0 Å². The fraction of sp³-hybridized carbons (Fsp3) is 0.833. The van der Waals surface area contributed by atoms with Crippen LogP contribution in [0, 0.1) is 0 Å². The molecule has 2 rings (SSSR count). The van der Waals surface area contributed by atoms with Crippen molar-refractivity contribution in [1.29, 1.82) is 0 Å². The Hall–Kier alpha value is -1.18. The van der Waals surface area contributed by atoms with E-state index >= 15 is 0 Å². The van der Waals surface area contributed by atoms with Crippen molar-refractivity contribution in [2.45, 2.75) is 30.8 Å². The van der Waals surface area contributed by atoms with Crippen LogP contribution in [0.2, 0.25) is 0 Å². The molecule has 7 nitrogen and oxygen atoms in total. The molecule has 2 saturated heterocycles. The smallest absolute Gasteiger partial charge is 0.331 e. The molecular formula is C12H21N3O4. The van der Waals surface area contributed by atoms with Crippen LogP contribution in [-0.4, -0.2) is 66.3 Å². The number of aliphatic carboxylic acids is 1. The van der Waals surface area contributed by atoms with E-state index in [0.717, 1.165) is 25.9 Å². The van der Waals surface area contributed by atoms with Crippen LogP contribution < -0.4 is 11.1 Å². The van der Waals surface area contributed by atoms with Gasteiger partial charge in [-0.2, -0.15) is 0 Å². The molecule has 108 valence electrons. The number of hydrogen-bond donors (Lipinski definition) is 3. The van der Waals surface area contributed by atoms with Crippen LogP contribution in [0.25, 0.3) is 0 Å². The number of rotatable bonds is 4. The zero-order valence-electron chi connectivity index (χ0n) is 10.9. The molecule has 7 heteroatoms. The standard InChI is InChI=1S/C12H21N3O4/c13-9-1-4-15(5-2-9)7-10(16)14-12(11(17)18)3-6-19-8-12/h9H,1-8,13H2,(H,14,16)(H,17,18). The van der Waals surface area contributed by atoms with E-state index in [1.807, 2.05) is 4.90 Å². The van der Waals surface area contributed by atoms with E-state index in [9.17, 15) is 14.7 Å². The molecule has 0 bridgehead atoms. The fourth-order valence-corrected chi connectivity index (χ4v) is 2.51. The number of likely N-dealkylation sites (tertiary alicyclic amines) is 1. The van der Waals surface area contributed by atoms with Gasteiger partial charge in [0.1, 0.15) is 0 Å². The number of ether oxygens (including phenoxy) is 1. The molecule has 0 aromatic rings. The Morgan fingerprint density at radius 2 is 2.11 bits per heavy atom. The number of carbonyl (C=O) groups excluding carboxylic acids is 1. The third-order valence-corrected chi connectivity index (χ3v) is 3.81. The number of amides is 1. The third-order valence-electron chi connectivity index (χ3n) is 3.81. The number of nitrogens with one attached hydrogen (secondary N) is 1. The quantitative estimate of drug-likeness (QED) is 0.591. The van der Waals surface area contributed by atoms with Crippen molar-refractivity contribution >= 4 is 11.9 Å². The highest BCUT2D eigenvalue weighted by atomic mass is 16.5. The largest absolute Gasteiger partial charge is 0.479 e. The fourth-order valence-electron chi connectivity index (χ4n) is 2.51. The molecule has 1 unspecified atom stereocenters. The summed E-state index contributed by atoms with van der Waals surface area (Å²) in [5.41, 5.74) is 4.55. The number of nitrogens with two attached hydrogens (primary N) is 1. The minimum atomic E-state index is -1.25. The summed E-state index contributed by atoms with van der Waals surface area (Å²) in [6, 6.07) is 0.216. The maximum atomic E-state index is 12.0. The molecular weight excluding hydrogens is 250 g/mol. The number of carbonyl (C=O) groups is 2. The van der Waals surface area contributed by atoms with Crippen molar-refractivity contribution < 1.29 is 19.4 Å². The zero-order chi connectivity index (χ0) is 13.9. The average Bonchev–Trinajstić information content (AvgIpc) is 2.82. The van der Waals surface area contributed by atoms with Crippen LogP contribution in [0.1, 0.15) is 19.3 Å². The van der Waals surface area contributed by atoms with Crippen molar-refractivity contribution in [3.05, 3.63) is 0 Å². The lowest BCUT2D eigenvalue weighted by atomic mass is 9.99. The van der Waals surface area contributed by atoms with Gasteiger partial charge in [0.2, 0.25) is 5.91 Å². The molecule has 0 aromatic heterocycles. The number of piperidine rings is 1. The predicted molar refractivity (Wildman–Crippen MR) is 67.6 cm³/mol. The molecule has 2 aliphatic heterocycles. The second kappa shape index (κ2) is 5.85. The van der Waals surface area contributed by atoms with E-state index in [1.54, 1.807) is 0 Å². The normalized spacial score (nSPS) is 29.3. The minimum absolute atomic E-state index is 0.0406. The zero-order valence-corrected chi connectivity index (χ0v) is 10.9. The molecule has 19 heavy (non-hydrogen) atoms. The molecule has 0 saturated carbocycles. The van der Waals surface area contributed by atoms with Gasteiger partial charge in [-0.1, -0.05) is 0 Å². The van der Waals surface area contributed by atoms with Gasteiger partial charge in [-0.25, -0.2) is 4.79 Å². The van der Waals surface area contributed by atoms with E-state index in [4.69, 9.17) is 10.5 Å². The van der Waals surface area contributed by atoms with Gasteiger partial charge in [-0.05, 0) is 12.8 Å². The Bertz CT molecular complexity index is 347. The molecule has 2 aliphatic rings. The number of hydrogen-bond acceptors (Lipinski definition) is 5. The van der Waals surface area contributed by atoms with Crippen LogP contribution in [-0.2, 0) is 14.3 Å². The highest BCUT2D eigenvalue weighted by Gasteiger charge is 2.44. The first-order chi connectivity index (χ1) is 9.02. The van der Waals surface area contributed by atoms with Gasteiger partial charge in [0.15, 0.2) is 5.54 Å².